The van der Waals surface area contributed by atoms with Gasteiger partial charge in [0.05, 0.1) is 0 Å². The zero-order valence-electron chi connectivity index (χ0n) is 15.6. The van der Waals surface area contributed by atoms with Crippen LogP contribution in [0, 0.1) is 19.3 Å². The van der Waals surface area contributed by atoms with Gasteiger partial charge in [-0.05, 0) is 43.5 Å². The first-order valence-electron chi connectivity index (χ1n) is 8.81. The number of nitrogen functional groups attached to an aromatic ring is 1. The summed E-state index contributed by atoms with van der Waals surface area (Å²) >= 11 is 0. The van der Waals surface area contributed by atoms with Gasteiger partial charge in [-0.1, -0.05) is 42.5 Å². The first-order chi connectivity index (χ1) is 12.9. The number of nitrogens with zero attached hydrogens (tertiary/aromatic N) is 3. The first kappa shape index (κ1) is 18.4. The number of nitrogens with two attached hydrogens (primary N) is 2. The van der Waals surface area contributed by atoms with E-state index in [1.54, 1.807) is 4.90 Å². The van der Waals surface area contributed by atoms with Gasteiger partial charge in [0.1, 0.15) is 0 Å². The summed E-state index contributed by atoms with van der Waals surface area (Å²) in [6.45, 7) is 4.35. The van der Waals surface area contributed by atoms with Crippen LogP contribution in [-0.4, -0.2) is 22.5 Å². The lowest BCUT2D eigenvalue weighted by atomic mass is 10.0. The molecular formula is C21H24N6. The van der Waals surface area contributed by atoms with Crippen molar-refractivity contribution in [2.45, 2.75) is 20.3 Å². The number of para-hydroxylation sites is 1. The maximum Gasteiger partial charge on any atom is 0.232 e. The molecule has 6 heteroatoms. The number of aryl methyl sites for hydroxylation is 2. The van der Waals surface area contributed by atoms with Crippen molar-refractivity contribution in [2.75, 3.05) is 17.2 Å². The third-order valence-corrected chi connectivity index (χ3v) is 4.35. The summed E-state index contributed by atoms with van der Waals surface area (Å²) in [4.78, 5) is 10.5. The zero-order chi connectivity index (χ0) is 19.4. The van der Waals surface area contributed by atoms with Gasteiger partial charge in [0.2, 0.25) is 5.95 Å². The molecule has 0 fully saturated rings. The van der Waals surface area contributed by atoms with Gasteiger partial charge in [-0.25, -0.2) is 9.97 Å². The van der Waals surface area contributed by atoms with Gasteiger partial charge in [0.15, 0.2) is 5.96 Å². The van der Waals surface area contributed by atoms with Gasteiger partial charge in [-0.3, -0.25) is 10.3 Å². The van der Waals surface area contributed by atoms with Crippen LogP contribution in [0.3, 0.4) is 0 Å². The summed E-state index contributed by atoms with van der Waals surface area (Å²) < 4.78 is 0. The smallest absolute Gasteiger partial charge is 0.232 e. The van der Waals surface area contributed by atoms with Crippen LogP contribution in [-0.2, 0) is 6.42 Å². The molecule has 27 heavy (non-hydrogen) atoms. The van der Waals surface area contributed by atoms with E-state index in [9.17, 15) is 0 Å². The number of hydrogen-bond acceptors (Lipinski definition) is 4. The Morgan fingerprint density at radius 2 is 1.63 bits per heavy atom. The lowest BCUT2D eigenvalue weighted by molar-refractivity contribution is 0.871. The van der Waals surface area contributed by atoms with Crippen molar-refractivity contribution in [1.29, 1.82) is 5.41 Å². The Hall–Kier alpha value is -3.41. The molecule has 0 atom stereocenters. The fourth-order valence-electron chi connectivity index (χ4n) is 3.01. The van der Waals surface area contributed by atoms with Crippen molar-refractivity contribution in [1.82, 2.24) is 9.97 Å². The summed E-state index contributed by atoms with van der Waals surface area (Å²) in [5.41, 5.74) is 17.5. The highest BCUT2D eigenvalue weighted by molar-refractivity contribution is 5.90. The fraction of sp³-hybridized carbons (Fsp3) is 0.190. The van der Waals surface area contributed by atoms with Gasteiger partial charge in [-0.2, -0.15) is 0 Å². The number of rotatable bonds is 5. The molecule has 3 rings (SSSR count). The minimum atomic E-state index is -0.0614. The highest BCUT2D eigenvalue weighted by Crippen LogP contribution is 2.25. The summed E-state index contributed by atoms with van der Waals surface area (Å²) in [7, 11) is 0. The van der Waals surface area contributed by atoms with E-state index in [0.717, 1.165) is 40.2 Å². The van der Waals surface area contributed by atoms with Crippen LogP contribution in [0.25, 0.3) is 11.1 Å². The van der Waals surface area contributed by atoms with Gasteiger partial charge < -0.3 is 11.5 Å². The van der Waals surface area contributed by atoms with Crippen LogP contribution in [0.4, 0.5) is 11.6 Å². The number of guanidine groups is 1. The minimum absolute atomic E-state index is 0.0614. The van der Waals surface area contributed by atoms with E-state index >= 15 is 0 Å². The number of benzene rings is 2. The van der Waals surface area contributed by atoms with Crippen molar-refractivity contribution in [3.05, 3.63) is 71.5 Å². The summed E-state index contributed by atoms with van der Waals surface area (Å²) in [6.07, 6.45) is 0.723. The molecule has 0 saturated carbocycles. The monoisotopic (exact) mass is 360 g/mol. The molecule has 0 amide bonds. The standard InChI is InChI=1S/C21H24N6/c1-14-13-15(2)26-21(25-14)27(20(23)24)12-11-16-7-9-17(10-8-16)18-5-3-4-6-19(18)22/h3-10,13H,11-12,22H2,1-2H3,(H3,23,24). The number of anilines is 2. The molecule has 0 aliphatic heterocycles. The second kappa shape index (κ2) is 7.86. The largest absolute Gasteiger partial charge is 0.398 e. The molecule has 0 unspecified atom stereocenters. The Labute approximate surface area is 159 Å². The molecule has 3 aromatic rings. The van der Waals surface area contributed by atoms with Crippen molar-refractivity contribution >= 4 is 17.6 Å². The van der Waals surface area contributed by atoms with Crippen molar-refractivity contribution in [2.24, 2.45) is 5.73 Å². The Kier molecular flexibility index (Phi) is 5.35. The van der Waals surface area contributed by atoms with E-state index in [0.29, 0.717) is 12.5 Å². The van der Waals surface area contributed by atoms with Gasteiger partial charge in [0, 0.05) is 29.2 Å². The fourth-order valence-corrected chi connectivity index (χ4v) is 3.01. The molecule has 1 aromatic heterocycles. The van der Waals surface area contributed by atoms with Crippen LogP contribution >= 0.6 is 0 Å². The van der Waals surface area contributed by atoms with Crippen LogP contribution < -0.4 is 16.4 Å². The van der Waals surface area contributed by atoms with Crippen LogP contribution in [0.2, 0.25) is 0 Å². The highest BCUT2D eigenvalue weighted by Gasteiger charge is 2.14. The Bertz CT molecular complexity index is 929. The second-order valence-electron chi connectivity index (χ2n) is 6.52. The lowest BCUT2D eigenvalue weighted by Gasteiger charge is -2.21. The Balaban J connectivity index is 1.74. The molecule has 138 valence electrons. The zero-order valence-corrected chi connectivity index (χ0v) is 15.6. The van der Waals surface area contributed by atoms with Gasteiger partial charge in [-0.15, -0.1) is 0 Å². The third-order valence-electron chi connectivity index (χ3n) is 4.35. The normalized spacial score (nSPS) is 10.6. The summed E-state index contributed by atoms with van der Waals surface area (Å²) in [6, 6.07) is 18.0. The lowest BCUT2D eigenvalue weighted by Crippen LogP contribution is -2.39. The molecule has 0 aliphatic carbocycles. The predicted octanol–water partition coefficient (Wildman–Crippen LogP) is 3.29. The van der Waals surface area contributed by atoms with E-state index in [2.05, 4.69) is 34.2 Å². The SMILES string of the molecule is Cc1cc(C)nc(N(CCc2ccc(-c3ccccc3N)cc2)C(=N)N)n1. The Morgan fingerprint density at radius 3 is 2.22 bits per heavy atom. The van der Waals surface area contributed by atoms with Crippen molar-refractivity contribution < 1.29 is 0 Å². The van der Waals surface area contributed by atoms with Gasteiger partial charge in [0.25, 0.3) is 0 Å². The highest BCUT2D eigenvalue weighted by atomic mass is 15.3. The predicted molar refractivity (Wildman–Crippen MR) is 111 cm³/mol. The van der Waals surface area contributed by atoms with Crippen molar-refractivity contribution in [3.8, 4) is 11.1 Å². The van der Waals surface area contributed by atoms with E-state index < -0.39 is 0 Å². The quantitative estimate of drug-likeness (QED) is 0.368. The van der Waals surface area contributed by atoms with Crippen LogP contribution in [0.1, 0.15) is 17.0 Å². The molecular weight excluding hydrogens is 336 g/mol. The Morgan fingerprint density at radius 1 is 1.00 bits per heavy atom. The maximum atomic E-state index is 7.88. The topological polar surface area (TPSA) is 105 Å². The molecule has 0 aliphatic rings. The molecule has 0 spiro atoms. The molecule has 5 N–H and O–H groups in total. The van der Waals surface area contributed by atoms with E-state index in [1.165, 1.54) is 0 Å². The number of aromatic nitrogens is 2. The average Bonchev–Trinajstić information content (AvgIpc) is 2.62. The summed E-state index contributed by atoms with van der Waals surface area (Å²) in [5.74, 6) is 0.405. The average molecular weight is 360 g/mol. The molecule has 0 saturated heterocycles. The number of hydrogen-bond donors (Lipinski definition) is 3. The van der Waals surface area contributed by atoms with Crippen LogP contribution in [0.5, 0.6) is 0 Å². The van der Waals surface area contributed by atoms with E-state index in [4.69, 9.17) is 16.9 Å². The van der Waals surface area contributed by atoms with E-state index in [1.807, 2.05) is 44.2 Å². The summed E-state index contributed by atoms with van der Waals surface area (Å²) in [5, 5.41) is 7.88. The van der Waals surface area contributed by atoms with E-state index in [-0.39, 0.29) is 5.96 Å². The number of nitrogens with one attached hydrogen (secondary N) is 1. The molecule has 0 radical (unpaired) electrons. The first-order valence-corrected chi connectivity index (χ1v) is 8.81. The maximum absolute atomic E-state index is 7.88. The second-order valence-corrected chi connectivity index (χ2v) is 6.52. The van der Waals surface area contributed by atoms with Crippen LogP contribution in [0.15, 0.2) is 54.6 Å². The molecule has 6 nitrogen and oxygen atoms in total. The van der Waals surface area contributed by atoms with Gasteiger partial charge >= 0.3 is 0 Å². The molecule has 0 bridgehead atoms. The molecule has 2 aromatic carbocycles. The third kappa shape index (κ3) is 4.41. The van der Waals surface area contributed by atoms with Crippen molar-refractivity contribution in [3.63, 3.8) is 0 Å². The molecule has 1 heterocycles. The minimum Gasteiger partial charge on any atom is -0.398 e.